The molecule has 1 N–H and O–H groups in total. The summed E-state index contributed by atoms with van der Waals surface area (Å²) in [6.07, 6.45) is 3.21. The van der Waals surface area contributed by atoms with Crippen molar-refractivity contribution in [3.05, 3.63) is 84.1 Å². The summed E-state index contributed by atoms with van der Waals surface area (Å²) in [5.41, 5.74) is 3.95. The lowest BCUT2D eigenvalue weighted by Gasteiger charge is -2.12. The standard InChI is InChI=1S/C21H21N5O/c1-2-26-19-10-6-5-7-16(19)11-20(26)21(27)23-12-17-8-3-4-9-18(17)13-25-15-22-14-24-25/h3-11,14-15H,2,12-13H2,1H3,(H,23,27). The van der Waals surface area contributed by atoms with Gasteiger partial charge in [-0.05, 0) is 30.2 Å². The zero-order chi connectivity index (χ0) is 18.6. The minimum Gasteiger partial charge on any atom is -0.347 e. The highest BCUT2D eigenvalue weighted by Crippen LogP contribution is 2.20. The lowest BCUT2D eigenvalue weighted by molar-refractivity contribution is 0.0942. The second-order valence-corrected chi connectivity index (χ2v) is 6.38. The van der Waals surface area contributed by atoms with Crippen LogP contribution in [0.4, 0.5) is 0 Å². The first-order chi connectivity index (χ1) is 13.3. The third kappa shape index (κ3) is 3.46. The van der Waals surface area contributed by atoms with Crippen LogP contribution in [0, 0.1) is 0 Å². The number of nitrogens with one attached hydrogen (secondary N) is 1. The van der Waals surface area contributed by atoms with E-state index in [0.29, 0.717) is 18.8 Å². The molecule has 1 amide bonds. The molecule has 0 saturated carbocycles. The van der Waals surface area contributed by atoms with Gasteiger partial charge in [-0.2, -0.15) is 5.10 Å². The molecule has 0 saturated heterocycles. The maximum Gasteiger partial charge on any atom is 0.268 e. The van der Waals surface area contributed by atoms with Crippen LogP contribution in [0.15, 0.2) is 67.3 Å². The van der Waals surface area contributed by atoms with Crippen LogP contribution in [-0.4, -0.2) is 25.2 Å². The van der Waals surface area contributed by atoms with Gasteiger partial charge in [0, 0.05) is 24.0 Å². The number of carbonyl (C=O) groups is 1. The molecule has 0 atom stereocenters. The zero-order valence-electron chi connectivity index (χ0n) is 15.2. The van der Waals surface area contributed by atoms with Crippen molar-refractivity contribution >= 4 is 16.8 Å². The monoisotopic (exact) mass is 359 g/mol. The smallest absolute Gasteiger partial charge is 0.268 e. The van der Waals surface area contributed by atoms with Crippen LogP contribution in [-0.2, 0) is 19.6 Å². The molecule has 4 aromatic rings. The van der Waals surface area contributed by atoms with Crippen molar-refractivity contribution in [3.63, 3.8) is 0 Å². The molecule has 0 aliphatic carbocycles. The minimum atomic E-state index is -0.0661. The number of para-hydroxylation sites is 1. The van der Waals surface area contributed by atoms with E-state index in [4.69, 9.17) is 0 Å². The van der Waals surface area contributed by atoms with Crippen LogP contribution >= 0.6 is 0 Å². The number of amides is 1. The number of carbonyl (C=O) groups excluding carboxylic acids is 1. The molecule has 136 valence electrons. The highest BCUT2D eigenvalue weighted by Gasteiger charge is 2.14. The first-order valence-electron chi connectivity index (χ1n) is 9.02. The fourth-order valence-corrected chi connectivity index (χ4v) is 3.38. The van der Waals surface area contributed by atoms with Gasteiger partial charge in [0.05, 0.1) is 6.54 Å². The van der Waals surface area contributed by atoms with E-state index in [2.05, 4.69) is 22.3 Å². The molecule has 2 aromatic heterocycles. The van der Waals surface area contributed by atoms with Crippen molar-refractivity contribution in [2.24, 2.45) is 0 Å². The molecular formula is C21H21N5O. The van der Waals surface area contributed by atoms with E-state index >= 15 is 0 Å². The van der Waals surface area contributed by atoms with Crippen LogP contribution in [0.3, 0.4) is 0 Å². The molecule has 0 bridgehead atoms. The molecule has 0 radical (unpaired) electrons. The number of hydrogen-bond donors (Lipinski definition) is 1. The molecule has 6 heteroatoms. The van der Waals surface area contributed by atoms with Crippen molar-refractivity contribution in [1.29, 1.82) is 0 Å². The van der Waals surface area contributed by atoms with E-state index in [-0.39, 0.29) is 5.91 Å². The SMILES string of the molecule is CCn1c(C(=O)NCc2ccccc2Cn2cncn2)cc2ccccc21. The number of rotatable bonds is 6. The van der Waals surface area contributed by atoms with Gasteiger partial charge in [0.1, 0.15) is 18.3 Å². The summed E-state index contributed by atoms with van der Waals surface area (Å²) in [5, 5.41) is 8.30. The average Bonchev–Trinajstić information content (AvgIpc) is 3.34. The summed E-state index contributed by atoms with van der Waals surface area (Å²) >= 11 is 0. The Morgan fingerprint density at radius 2 is 1.85 bits per heavy atom. The first kappa shape index (κ1) is 17.0. The van der Waals surface area contributed by atoms with Crippen LogP contribution < -0.4 is 5.32 Å². The maximum atomic E-state index is 12.8. The zero-order valence-corrected chi connectivity index (χ0v) is 15.2. The third-order valence-corrected chi connectivity index (χ3v) is 4.72. The van der Waals surface area contributed by atoms with Gasteiger partial charge in [-0.1, -0.05) is 42.5 Å². The van der Waals surface area contributed by atoms with Crippen molar-refractivity contribution in [2.45, 2.75) is 26.6 Å². The van der Waals surface area contributed by atoms with Gasteiger partial charge >= 0.3 is 0 Å². The van der Waals surface area contributed by atoms with Gasteiger partial charge in [0.2, 0.25) is 0 Å². The molecule has 0 aliphatic rings. The van der Waals surface area contributed by atoms with E-state index in [9.17, 15) is 4.79 Å². The summed E-state index contributed by atoms with van der Waals surface area (Å²) in [6.45, 7) is 3.89. The Labute approximate surface area is 157 Å². The molecule has 0 aliphatic heterocycles. The van der Waals surface area contributed by atoms with Crippen molar-refractivity contribution in [1.82, 2.24) is 24.6 Å². The van der Waals surface area contributed by atoms with Gasteiger partial charge in [0.15, 0.2) is 0 Å². The molecule has 27 heavy (non-hydrogen) atoms. The largest absolute Gasteiger partial charge is 0.347 e. The van der Waals surface area contributed by atoms with Gasteiger partial charge in [-0.25, -0.2) is 9.67 Å². The second-order valence-electron chi connectivity index (χ2n) is 6.38. The second kappa shape index (κ2) is 7.45. The molecule has 0 unspecified atom stereocenters. The highest BCUT2D eigenvalue weighted by atomic mass is 16.1. The molecular weight excluding hydrogens is 338 g/mol. The van der Waals surface area contributed by atoms with E-state index in [1.54, 1.807) is 11.0 Å². The molecule has 2 heterocycles. The summed E-state index contributed by atoms with van der Waals surface area (Å²) in [6, 6.07) is 18.1. The summed E-state index contributed by atoms with van der Waals surface area (Å²) in [5.74, 6) is -0.0661. The molecule has 0 fully saturated rings. The molecule has 4 rings (SSSR count). The molecule has 0 spiro atoms. The van der Waals surface area contributed by atoms with Gasteiger partial charge < -0.3 is 9.88 Å². The van der Waals surface area contributed by atoms with Crippen LogP contribution in [0.1, 0.15) is 28.5 Å². The average molecular weight is 359 g/mol. The Balaban J connectivity index is 1.53. The van der Waals surface area contributed by atoms with E-state index in [1.165, 1.54) is 6.33 Å². The van der Waals surface area contributed by atoms with Crippen LogP contribution in [0.25, 0.3) is 10.9 Å². The fraction of sp³-hybridized carbons (Fsp3) is 0.190. The van der Waals surface area contributed by atoms with Crippen molar-refractivity contribution in [3.8, 4) is 0 Å². The Kier molecular flexibility index (Phi) is 4.70. The minimum absolute atomic E-state index is 0.0661. The Morgan fingerprint density at radius 1 is 1.07 bits per heavy atom. The van der Waals surface area contributed by atoms with Crippen molar-refractivity contribution in [2.75, 3.05) is 0 Å². The summed E-state index contributed by atoms with van der Waals surface area (Å²) in [7, 11) is 0. The Morgan fingerprint density at radius 3 is 2.63 bits per heavy atom. The maximum absolute atomic E-state index is 12.8. The van der Waals surface area contributed by atoms with E-state index < -0.39 is 0 Å². The number of nitrogens with zero attached hydrogens (tertiary/aromatic N) is 4. The Hall–Kier alpha value is -3.41. The highest BCUT2D eigenvalue weighted by molar-refractivity contribution is 5.98. The number of benzene rings is 2. The number of aryl methyl sites for hydroxylation is 1. The van der Waals surface area contributed by atoms with Gasteiger partial charge in [-0.15, -0.1) is 0 Å². The van der Waals surface area contributed by atoms with Gasteiger partial charge in [0.25, 0.3) is 5.91 Å². The molecule has 6 nitrogen and oxygen atoms in total. The van der Waals surface area contributed by atoms with Crippen LogP contribution in [0.5, 0.6) is 0 Å². The number of hydrogen-bond acceptors (Lipinski definition) is 3. The van der Waals surface area contributed by atoms with Gasteiger partial charge in [-0.3, -0.25) is 4.79 Å². The summed E-state index contributed by atoms with van der Waals surface area (Å²) < 4.78 is 3.82. The lowest BCUT2D eigenvalue weighted by Crippen LogP contribution is -2.26. The number of aromatic nitrogens is 4. The first-order valence-corrected chi connectivity index (χ1v) is 9.02. The normalized spacial score (nSPS) is 11.0. The lowest BCUT2D eigenvalue weighted by atomic mass is 10.1. The van der Waals surface area contributed by atoms with Crippen molar-refractivity contribution < 1.29 is 4.79 Å². The predicted octanol–water partition coefficient (Wildman–Crippen LogP) is 3.23. The van der Waals surface area contributed by atoms with E-state index in [0.717, 1.165) is 28.6 Å². The van der Waals surface area contributed by atoms with Crippen LogP contribution in [0.2, 0.25) is 0 Å². The topological polar surface area (TPSA) is 64.7 Å². The fourth-order valence-electron chi connectivity index (χ4n) is 3.38. The quantitative estimate of drug-likeness (QED) is 0.575. The predicted molar refractivity (Wildman–Crippen MR) is 104 cm³/mol. The number of fused-ring (bicyclic) bond motifs is 1. The molecule has 2 aromatic carbocycles. The Bertz CT molecular complexity index is 1070. The third-order valence-electron chi connectivity index (χ3n) is 4.72. The summed E-state index contributed by atoms with van der Waals surface area (Å²) in [4.78, 5) is 16.8. The van der Waals surface area contributed by atoms with E-state index in [1.807, 2.05) is 59.2 Å².